The second-order valence-corrected chi connectivity index (χ2v) is 6.82. The maximum Gasteiger partial charge on any atom is 0.323 e. The summed E-state index contributed by atoms with van der Waals surface area (Å²) in [4.78, 5) is 24.4. The van der Waals surface area contributed by atoms with Gasteiger partial charge in [0, 0.05) is 19.2 Å². The van der Waals surface area contributed by atoms with Gasteiger partial charge in [-0.05, 0) is 24.3 Å². The van der Waals surface area contributed by atoms with Crippen molar-refractivity contribution in [1.29, 1.82) is 0 Å². The molecule has 1 aromatic rings. The number of amides is 1. The van der Waals surface area contributed by atoms with Gasteiger partial charge in [0.15, 0.2) is 9.84 Å². The Morgan fingerprint density at radius 3 is 2.27 bits per heavy atom. The Balaban J connectivity index is 2.96. The minimum absolute atomic E-state index is 0.0285. The van der Waals surface area contributed by atoms with Crippen molar-refractivity contribution in [1.82, 2.24) is 4.90 Å². The minimum Gasteiger partial charge on any atom is -0.480 e. The van der Waals surface area contributed by atoms with Crippen LogP contribution in [0, 0.1) is 0 Å². The zero-order valence-electron chi connectivity index (χ0n) is 12.5. The van der Waals surface area contributed by atoms with E-state index >= 15 is 0 Å². The molecular formula is C14H19NO6S. The number of carboxylic acid groups (broad SMARTS) is 1. The van der Waals surface area contributed by atoms with Gasteiger partial charge in [-0.25, -0.2) is 8.42 Å². The Morgan fingerprint density at radius 2 is 1.82 bits per heavy atom. The van der Waals surface area contributed by atoms with Crippen LogP contribution in [0.4, 0.5) is 0 Å². The van der Waals surface area contributed by atoms with Gasteiger partial charge in [0.1, 0.15) is 6.54 Å². The predicted molar refractivity (Wildman–Crippen MR) is 79.6 cm³/mol. The third-order valence-electron chi connectivity index (χ3n) is 3.02. The molecule has 22 heavy (non-hydrogen) atoms. The molecule has 0 aliphatic carbocycles. The molecule has 0 atom stereocenters. The first kappa shape index (κ1) is 18.1. The van der Waals surface area contributed by atoms with E-state index in [4.69, 9.17) is 9.84 Å². The van der Waals surface area contributed by atoms with Crippen LogP contribution in [-0.4, -0.2) is 62.9 Å². The molecule has 122 valence electrons. The summed E-state index contributed by atoms with van der Waals surface area (Å²) in [5.74, 6) is -1.64. The minimum atomic E-state index is -3.33. The summed E-state index contributed by atoms with van der Waals surface area (Å²) in [5, 5.41) is 8.85. The van der Waals surface area contributed by atoms with Gasteiger partial charge < -0.3 is 14.7 Å². The molecule has 0 unspecified atom stereocenters. The Morgan fingerprint density at radius 1 is 1.23 bits per heavy atom. The average Bonchev–Trinajstić information content (AvgIpc) is 2.50. The molecule has 1 amide bonds. The van der Waals surface area contributed by atoms with Crippen molar-refractivity contribution in [2.75, 3.05) is 32.6 Å². The number of methoxy groups -OCH3 is 1. The summed E-state index contributed by atoms with van der Waals surface area (Å²) >= 11 is 0. The monoisotopic (exact) mass is 329 g/mol. The molecule has 1 rings (SSSR count). The van der Waals surface area contributed by atoms with E-state index in [-0.39, 0.29) is 29.4 Å². The lowest BCUT2D eigenvalue weighted by Crippen LogP contribution is -2.38. The fourth-order valence-electron chi connectivity index (χ4n) is 1.77. The number of carboxylic acids is 1. The molecule has 0 aliphatic rings. The third-order valence-corrected chi connectivity index (χ3v) is 4.77. The standard InChI is InChI=1S/C14H19NO6S/c1-3-22(19,20)12-6-4-11(5-7-12)14(18)15(8-9-21-2)10-13(16)17/h4-7H,3,8-10H2,1-2H3,(H,16,17). The van der Waals surface area contributed by atoms with Crippen molar-refractivity contribution >= 4 is 21.7 Å². The first-order valence-corrected chi connectivity index (χ1v) is 8.30. The van der Waals surface area contributed by atoms with Crippen molar-refractivity contribution in [3.05, 3.63) is 29.8 Å². The lowest BCUT2D eigenvalue weighted by Gasteiger charge is -2.20. The highest BCUT2D eigenvalue weighted by Crippen LogP contribution is 2.13. The summed E-state index contributed by atoms with van der Waals surface area (Å²) in [6, 6.07) is 5.46. The molecule has 1 aromatic carbocycles. The molecule has 0 aliphatic heterocycles. The van der Waals surface area contributed by atoms with E-state index in [1.54, 1.807) is 0 Å². The molecule has 0 heterocycles. The number of carbonyl (C=O) groups is 2. The second kappa shape index (κ2) is 7.90. The number of sulfone groups is 1. The highest BCUT2D eigenvalue weighted by Gasteiger charge is 2.19. The van der Waals surface area contributed by atoms with Gasteiger partial charge in [0.25, 0.3) is 5.91 Å². The van der Waals surface area contributed by atoms with Crippen molar-refractivity contribution in [3.8, 4) is 0 Å². The van der Waals surface area contributed by atoms with Crippen LogP contribution < -0.4 is 0 Å². The third kappa shape index (κ3) is 4.81. The van der Waals surface area contributed by atoms with Crippen LogP contribution in [0.5, 0.6) is 0 Å². The lowest BCUT2D eigenvalue weighted by molar-refractivity contribution is -0.137. The summed E-state index contributed by atoms with van der Waals surface area (Å²) in [6.07, 6.45) is 0. The van der Waals surface area contributed by atoms with Crippen molar-refractivity contribution < 1.29 is 27.9 Å². The van der Waals surface area contributed by atoms with Crippen LogP contribution >= 0.6 is 0 Å². The number of ether oxygens (including phenoxy) is 1. The number of hydrogen-bond donors (Lipinski definition) is 1. The molecule has 0 spiro atoms. The molecular weight excluding hydrogens is 310 g/mol. The van der Waals surface area contributed by atoms with Gasteiger partial charge >= 0.3 is 5.97 Å². The SMILES string of the molecule is CCS(=O)(=O)c1ccc(C(=O)N(CCOC)CC(=O)O)cc1. The molecule has 0 bridgehead atoms. The number of hydrogen-bond acceptors (Lipinski definition) is 5. The van der Waals surface area contributed by atoms with Crippen molar-refractivity contribution in [2.24, 2.45) is 0 Å². The normalized spacial score (nSPS) is 11.2. The Hall–Kier alpha value is -1.93. The van der Waals surface area contributed by atoms with Crippen LogP contribution in [0.15, 0.2) is 29.2 Å². The Bertz CT molecular complexity index is 623. The van der Waals surface area contributed by atoms with Crippen LogP contribution in [0.25, 0.3) is 0 Å². The van der Waals surface area contributed by atoms with Gasteiger partial charge in [-0.1, -0.05) is 6.92 Å². The van der Waals surface area contributed by atoms with Crippen molar-refractivity contribution in [3.63, 3.8) is 0 Å². The quantitative estimate of drug-likeness (QED) is 0.751. The fourth-order valence-corrected chi connectivity index (χ4v) is 2.66. The van der Waals surface area contributed by atoms with Gasteiger partial charge in [-0.3, -0.25) is 9.59 Å². The first-order valence-electron chi connectivity index (χ1n) is 6.64. The highest BCUT2D eigenvalue weighted by molar-refractivity contribution is 7.91. The number of rotatable bonds is 8. The van der Waals surface area contributed by atoms with E-state index in [2.05, 4.69) is 0 Å². The van der Waals surface area contributed by atoms with E-state index < -0.39 is 28.3 Å². The van der Waals surface area contributed by atoms with Gasteiger partial charge in [0.05, 0.1) is 17.3 Å². The van der Waals surface area contributed by atoms with E-state index in [0.29, 0.717) is 0 Å². The number of aliphatic carboxylic acids is 1. The molecule has 0 radical (unpaired) electrons. The molecule has 0 saturated carbocycles. The Labute approximate surface area is 129 Å². The smallest absolute Gasteiger partial charge is 0.323 e. The number of carbonyl (C=O) groups excluding carboxylic acids is 1. The summed E-state index contributed by atoms with van der Waals surface area (Å²) in [6.45, 7) is 1.43. The fraction of sp³-hybridized carbons (Fsp3) is 0.429. The maximum atomic E-state index is 12.3. The number of nitrogens with zero attached hydrogens (tertiary/aromatic N) is 1. The molecule has 7 nitrogen and oxygen atoms in total. The predicted octanol–water partition coefficient (Wildman–Crippen LogP) is 0.653. The summed E-state index contributed by atoms with van der Waals surface area (Å²) in [5.41, 5.74) is 0.229. The molecule has 0 saturated heterocycles. The van der Waals surface area contributed by atoms with Gasteiger partial charge in [-0.2, -0.15) is 0 Å². The van der Waals surface area contributed by atoms with Crippen LogP contribution in [0.3, 0.4) is 0 Å². The van der Waals surface area contributed by atoms with E-state index in [1.807, 2.05) is 0 Å². The topological polar surface area (TPSA) is 101 Å². The maximum absolute atomic E-state index is 12.3. The summed E-state index contributed by atoms with van der Waals surface area (Å²) < 4.78 is 28.3. The van der Waals surface area contributed by atoms with Gasteiger partial charge in [0.2, 0.25) is 0 Å². The lowest BCUT2D eigenvalue weighted by atomic mass is 10.2. The molecule has 1 N–H and O–H groups in total. The first-order chi connectivity index (χ1) is 10.3. The largest absolute Gasteiger partial charge is 0.480 e. The van der Waals surface area contributed by atoms with Crippen LogP contribution in [-0.2, 0) is 19.4 Å². The molecule has 8 heteroatoms. The number of benzene rings is 1. The van der Waals surface area contributed by atoms with Crippen molar-refractivity contribution in [2.45, 2.75) is 11.8 Å². The van der Waals surface area contributed by atoms with Crippen LogP contribution in [0.1, 0.15) is 17.3 Å². The zero-order valence-corrected chi connectivity index (χ0v) is 13.3. The summed E-state index contributed by atoms with van der Waals surface area (Å²) in [7, 11) is -1.88. The average molecular weight is 329 g/mol. The Kier molecular flexibility index (Phi) is 6.51. The van der Waals surface area contributed by atoms with E-state index in [1.165, 1.54) is 38.3 Å². The molecule has 0 fully saturated rings. The van der Waals surface area contributed by atoms with Crippen LogP contribution in [0.2, 0.25) is 0 Å². The van der Waals surface area contributed by atoms with E-state index in [0.717, 1.165) is 4.90 Å². The zero-order chi connectivity index (χ0) is 16.8. The second-order valence-electron chi connectivity index (χ2n) is 4.54. The van der Waals surface area contributed by atoms with Gasteiger partial charge in [-0.15, -0.1) is 0 Å². The highest BCUT2D eigenvalue weighted by atomic mass is 32.2. The van der Waals surface area contributed by atoms with E-state index in [9.17, 15) is 18.0 Å². The molecule has 0 aromatic heterocycles.